The van der Waals surface area contributed by atoms with Crippen molar-refractivity contribution in [1.29, 1.82) is 0 Å². The largest absolute Gasteiger partial charge is 0.353 e. The van der Waals surface area contributed by atoms with Crippen LogP contribution in [0.1, 0.15) is 31.4 Å². The summed E-state index contributed by atoms with van der Waals surface area (Å²) in [6.07, 6.45) is 6.79. The maximum Gasteiger partial charge on any atom is 0.245 e. The van der Waals surface area contributed by atoms with Gasteiger partial charge in [-0.2, -0.15) is 0 Å². The number of rotatable bonds is 4. The lowest BCUT2D eigenvalue weighted by atomic mass is 10.2. The van der Waals surface area contributed by atoms with E-state index < -0.39 is 0 Å². The molecule has 0 aliphatic carbocycles. The second-order valence-electron chi connectivity index (χ2n) is 7.77. The minimum atomic E-state index is 0.481. The summed E-state index contributed by atoms with van der Waals surface area (Å²) in [6, 6.07) is 6.09. The molecule has 0 radical (unpaired) electrons. The molecule has 3 aromatic rings. The lowest BCUT2D eigenvalue weighted by Gasteiger charge is -2.36. The number of fused-ring (bicyclic) bond motifs is 1. The van der Waals surface area contributed by atoms with Gasteiger partial charge in [0.05, 0.1) is 5.69 Å². The number of hydrogen-bond donors (Lipinski definition) is 0. The highest BCUT2D eigenvalue weighted by atomic mass is 16.6. The van der Waals surface area contributed by atoms with Crippen molar-refractivity contribution < 1.29 is 4.63 Å². The van der Waals surface area contributed by atoms with E-state index in [4.69, 9.17) is 14.6 Å². The zero-order valence-corrected chi connectivity index (χ0v) is 16.6. The van der Waals surface area contributed by atoms with Gasteiger partial charge in [-0.25, -0.2) is 14.6 Å². The van der Waals surface area contributed by atoms with Gasteiger partial charge >= 0.3 is 0 Å². The maximum atomic E-state index is 4.88. The number of aromatic nitrogens is 5. The molecule has 0 spiro atoms. The maximum absolute atomic E-state index is 4.88. The number of piperazine rings is 1. The Morgan fingerprint density at radius 2 is 1.41 bits per heavy atom. The quantitative estimate of drug-likeness (QED) is 0.660. The topological polar surface area (TPSA) is 87.3 Å². The van der Waals surface area contributed by atoms with Crippen molar-refractivity contribution in [2.24, 2.45) is 0 Å². The molecule has 2 saturated heterocycles. The standard InChI is InChI=1S/C20H26N8O/c1-2-6-10-27(9-5-1)19-20(23-18-17(22-19)24-29-25-18)28-13-11-26(12-14-28)15-16-7-3-4-8-21-16/h3-4,7-8H,1-2,5-6,9-15H2. The van der Waals surface area contributed by atoms with Crippen molar-refractivity contribution in [1.82, 2.24) is 30.2 Å². The van der Waals surface area contributed by atoms with Crippen LogP contribution in [-0.4, -0.2) is 69.4 Å². The van der Waals surface area contributed by atoms with Crippen molar-refractivity contribution in [3.8, 4) is 0 Å². The second kappa shape index (κ2) is 8.28. The van der Waals surface area contributed by atoms with Crippen LogP contribution >= 0.6 is 0 Å². The molecule has 2 aliphatic rings. The van der Waals surface area contributed by atoms with E-state index in [0.29, 0.717) is 11.3 Å². The summed E-state index contributed by atoms with van der Waals surface area (Å²) < 4.78 is 4.88. The van der Waals surface area contributed by atoms with E-state index in [2.05, 4.69) is 36.1 Å². The third-order valence-corrected chi connectivity index (χ3v) is 5.77. The normalized spacial score (nSPS) is 18.9. The van der Waals surface area contributed by atoms with Crippen LogP contribution in [0, 0.1) is 0 Å². The number of anilines is 2. The van der Waals surface area contributed by atoms with Gasteiger partial charge in [-0.3, -0.25) is 9.88 Å². The van der Waals surface area contributed by atoms with Crippen LogP contribution in [0.15, 0.2) is 29.0 Å². The molecule has 5 heterocycles. The van der Waals surface area contributed by atoms with Crippen molar-refractivity contribution in [2.45, 2.75) is 32.2 Å². The fourth-order valence-corrected chi connectivity index (χ4v) is 4.17. The minimum Gasteiger partial charge on any atom is -0.353 e. The Morgan fingerprint density at radius 3 is 2.03 bits per heavy atom. The van der Waals surface area contributed by atoms with Crippen LogP contribution in [0.4, 0.5) is 11.6 Å². The third-order valence-electron chi connectivity index (χ3n) is 5.77. The molecule has 0 unspecified atom stereocenters. The molecule has 9 nitrogen and oxygen atoms in total. The van der Waals surface area contributed by atoms with E-state index in [0.717, 1.165) is 63.1 Å². The summed E-state index contributed by atoms with van der Waals surface area (Å²) in [5.74, 6) is 1.83. The highest BCUT2D eigenvalue weighted by Crippen LogP contribution is 2.30. The Bertz CT molecular complexity index is 930. The van der Waals surface area contributed by atoms with E-state index in [9.17, 15) is 0 Å². The first-order chi connectivity index (χ1) is 14.4. The first kappa shape index (κ1) is 18.2. The molecular formula is C20H26N8O. The fraction of sp³-hybridized carbons (Fsp3) is 0.550. The van der Waals surface area contributed by atoms with Crippen LogP contribution in [0.5, 0.6) is 0 Å². The lowest BCUT2D eigenvalue weighted by Crippen LogP contribution is -2.47. The molecule has 152 valence electrons. The molecule has 0 N–H and O–H groups in total. The van der Waals surface area contributed by atoms with E-state index in [1.807, 2.05) is 18.3 Å². The molecule has 29 heavy (non-hydrogen) atoms. The molecule has 2 aliphatic heterocycles. The molecular weight excluding hydrogens is 368 g/mol. The molecule has 2 fully saturated rings. The van der Waals surface area contributed by atoms with Crippen molar-refractivity contribution in [3.05, 3.63) is 30.1 Å². The summed E-state index contributed by atoms with van der Waals surface area (Å²) >= 11 is 0. The summed E-state index contributed by atoms with van der Waals surface area (Å²) in [5.41, 5.74) is 2.08. The van der Waals surface area contributed by atoms with E-state index >= 15 is 0 Å². The third kappa shape index (κ3) is 4.00. The van der Waals surface area contributed by atoms with Gasteiger partial charge in [0.1, 0.15) is 0 Å². The Hall–Kier alpha value is -2.81. The molecule has 0 amide bonds. The fourth-order valence-electron chi connectivity index (χ4n) is 4.17. The minimum absolute atomic E-state index is 0.481. The van der Waals surface area contributed by atoms with Gasteiger partial charge in [0.25, 0.3) is 0 Å². The summed E-state index contributed by atoms with van der Waals surface area (Å²) in [6.45, 7) is 6.64. The van der Waals surface area contributed by atoms with E-state index in [1.54, 1.807) is 0 Å². The zero-order chi connectivity index (χ0) is 19.5. The molecule has 3 aromatic heterocycles. The molecule has 0 atom stereocenters. The van der Waals surface area contributed by atoms with Gasteiger partial charge in [-0.15, -0.1) is 0 Å². The van der Waals surface area contributed by atoms with Crippen molar-refractivity contribution in [2.75, 3.05) is 49.1 Å². The Kier molecular flexibility index (Phi) is 5.21. The predicted octanol–water partition coefficient (Wildman–Crippen LogP) is 2.11. The van der Waals surface area contributed by atoms with E-state index in [-0.39, 0.29) is 0 Å². The van der Waals surface area contributed by atoms with Crippen molar-refractivity contribution in [3.63, 3.8) is 0 Å². The Balaban J connectivity index is 1.36. The number of nitrogens with zero attached hydrogens (tertiary/aromatic N) is 8. The van der Waals surface area contributed by atoms with Gasteiger partial charge in [0, 0.05) is 52.0 Å². The van der Waals surface area contributed by atoms with Crippen LogP contribution in [0.3, 0.4) is 0 Å². The van der Waals surface area contributed by atoms with Crippen LogP contribution in [0.2, 0.25) is 0 Å². The zero-order valence-electron chi connectivity index (χ0n) is 16.6. The van der Waals surface area contributed by atoms with Crippen LogP contribution in [-0.2, 0) is 6.54 Å². The first-order valence-corrected chi connectivity index (χ1v) is 10.5. The molecule has 0 bridgehead atoms. The van der Waals surface area contributed by atoms with Gasteiger partial charge in [-0.1, -0.05) is 18.9 Å². The Morgan fingerprint density at radius 1 is 0.759 bits per heavy atom. The second-order valence-corrected chi connectivity index (χ2v) is 7.77. The van der Waals surface area contributed by atoms with E-state index in [1.165, 1.54) is 25.7 Å². The van der Waals surface area contributed by atoms with Crippen LogP contribution < -0.4 is 9.80 Å². The number of pyridine rings is 1. The Labute approximate surface area is 169 Å². The van der Waals surface area contributed by atoms with Gasteiger partial charge in [0.2, 0.25) is 11.3 Å². The monoisotopic (exact) mass is 394 g/mol. The summed E-state index contributed by atoms with van der Waals surface area (Å²) in [5, 5.41) is 7.85. The van der Waals surface area contributed by atoms with Gasteiger partial charge < -0.3 is 9.80 Å². The molecule has 0 saturated carbocycles. The molecule has 9 heteroatoms. The van der Waals surface area contributed by atoms with Gasteiger partial charge in [0.15, 0.2) is 11.6 Å². The highest BCUT2D eigenvalue weighted by Gasteiger charge is 2.26. The first-order valence-electron chi connectivity index (χ1n) is 10.5. The molecule has 5 rings (SSSR count). The SMILES string of the molecule is c1ccc(CN2CCN(c3nc4nonc4nc3N3CCCCCC3)CC2)nc1. The summed E-state index contributed by atoms with van der Waals surface area (Å²) in [4.78, 5) is 21.2. The van der Waals surface area contributed by atoms with Gasteiger partial charge in [-0.05, 0) is 35.3 Å². The molecule has 0 aromatic carbocycles. The van der Waals surface area contributed by atoms with Crippen LogP contribution in [0.25, 0.3) is 11.3 Å². The summed E-state index contributed by atoms with van der Waals surface area (Å²) in [7, 11) is 0. The van der Waals surface area contributed by atoms with Crippen molar-refractivity contribution >= 4 is 22.9 Å². The lowest BCUT2D eigenvalue weighted by molar-refractivity contribution is 0.246. The smallest absolute Gasteiger partial charge is 0.245 e. The average molecular weight is 394 g/mol. The highest BCUT2D eigenvalue weighted by molar-refractivity contribution is 5.74. The predicted molar refractivity (Wildman–Crippen MR) is 110 cm³/mol. The average Bonchev–Trinajstić information content (AvgIpc) is 3.05. The number of hydrogen-bond acceptors (Lipinski definition) is 9.